The van der Waals surface area contributed by atoms with Crippen LogP contribution >= 0.6 is 11.8 Å². The molecule has 1 spiro atoms. The molecule has 10 aromatic rings. The average Bonchev–Trinajstić information content (AvgIpc) is 3.43. The van der Waals surface area contributed by atoms with Gasteiger partial charge in [-0.2, -0.15) is 0 Å². The summed E-state index contributed by atoms with van der Waals surface area (Å²) in [6, 6.07) is 76.6. The van der Waals surface area contributed by atoms with Crippen molar-refractivity contribution >= 4 is 22.5 Å². The summed E-state index contributed by atoms with van der Waals surface area (Å²) < 4.78 is 0. The third-order valence-corrected chi connectivity index (χ3v) is 13.4. The van der Waals surface area contributed by atoms with E-state index in [0.717, 1.165) is 22.3 Å². The molecule has 3 nitrogen and oxygen atoms in total. The minimum atomic E-state index is -0.673. The van der Waals surface area contributed by atoms with Gasteiger partial charge in [0.1, 0.15) is 0 Å². The number of rotatable bonds is 4. The summed E-state index contributed by atoms with van der Waals surface area (Å²) in [7, 11) is 0. The summed E-state index contributed by atoms with van der Waals surface area (Å²) in [5.74, 6) is 1.90. The van der Waals surface area contributed by atoms with Crippen LogP contribution in [0.3, 0.4) is 0 Å². The van der Waals surface area contributed by atoms with Crippen molar-refractivity contribution < 1.29 is 0 Å². The molecule has 1 aliphatic heterocycles. The summed E-state index contributed by atoms with van der Waals surface area (Å²) in [6.45, 7) is 0. The van der Waals surface area contributed by atoms with E-state index in [1.807, 2.05) is 36.0 Å². The predicted molar refractivity (Wildman–Crippen MR) is 246 cm³/mol. The molecule has 0 fully saturated rings. The number of hydrogen-bond donors (Lipinski definition) is 0. The number of hydrogen-bond acceptors (Lipinski definition) is 4. The highest BCUT2D eigenvalue weighted by molar-refractivity contribution is 7.99. The molecule has 1 aliphatic carbocycles. The molecule has 9 aromatic carbocycles. The van der Waals surface area contributed by atoms with Crippen LogP contribution in [0, 0.1) is 0 Å². The third-order valence-electron chi connectivity index (χ3n) is 12.2. The van der Waals surface area contributed by atoms with Crippen molar-refractivity contribution in [2.24, 2.45) is 0 Å². The monoisotopic (exact) mass is 781 g/mol. The SMILES string of the molecule is c1ccc(-c2ccc(-c3nc(-c4ccccc4)nc(-c4ccc5c(c4)C4(c6ccccc6Sc6c4ccc4ccccc64)c4ccccc4-c4ccccc4-5)n3)cc2)cc1. The minimum absolute atomic E-state index is 0.631. The first-order valence-corrected chi connectivity index (χ1v) is 21.2. The van der Waals surface area contributed by atoms with Gasteiger partial charge in [-0.1, -0.05) is 212 Å². The van der Waals surface area contributed by atoms with Gasteiger partial charge in [-0.3, -0.25) is 0 Å². The molecule has 1 aromatic heterocycles. The van der Waals surface area contributed by atoms with Crippen LogP contribution in [0.1, 0.15) is 22.3 Å². The van der Waals surface area contributed by atoms with Gasteiger partial charge < -0.3 is 0 Å². The molecular weight excluding hydrogens is 747 g/mol. The number of aromatic nitrogens is 3. The van der Waals surface area contributed by atoms with Gasteiger partial charge in [-0.05, 0) is 78.5 Å². The first kappa shape index (κ1) is 34.6. The van der Waals surface area contributed by atoms with E-state index >= 15 is 0 Å². The Kier molecular flexibility index (Phi) is 8.00. The zero-order valence-electron chi connectivity index (χ0n) is 32.5. The van der Waals surface area contributed by atoms with Crippen LogP contribution in [0.15, 0.2) is 222 Å². The number of benzene rings is 9. The summed E-state index contributed by atoms with van der Waals surface area (Å²) in [5, 5.41) is 2.50. The molecule has 0 N–H and O–H groups in total. The summed E-state index contributed by atoms with van der Waals surface area (Å²) >= 11 is 1.89. The van der Waals surface area contributed by atoms with Crippen molar-refractivity contribution in [3.8, 4) is 67.5 Å². The van der Waals surface area contributed by atoms with Crippen LogP contribution in [-0.2, 0) is 5.41 Å². The Balaban J connectivity index is 1.15. The van der Waals surface area contributed by atoms with Crippen molar-refractivity contribution in [2.75, 3.05) is 0 Å². The van der Waals surface area contributed by atoms with E-state index in [9.17, 15) is 0 Å². The van der Waals surface area contributed by atoms with Crippen molar-refractivity contribution in [3.63, 3.8) is 0 Å². The van der Waals surface area contributed by atoms with E-state index in [1.54, 1.807) is 0 Å². The standard InChI is InChI=1S/C56H35N3S/c1-3-15-36(16-4-1)37-27-29-40(30-28-37)54-57-53(39-18-5-2-6-19-39)58-55(59-54)41-31-33-46-44-22-10-9-21-43(44)45-23-11-12-24-47(45)56(50(46)35-41)48-25-13-14-26-51(48)60-52-42-20-8-7-17-38(42)32-34-49(52)56/h1-35H. The van der Waals surface area contributed by atoms with Crippen molar-refractivity contribution in [1.29, 1.82) is 0 Å². The minimum Gasteiger partial charge on any atom is -0.208 e. The topological polar surface area (TPSA) is 38.7 Å². The molecule has 0 radical (unpaired) electrons. The molecule has 4 heteroatoms. The van der Waals surface area contributed by atoms with E-state index in [2.05, 4.69) is 188 Å². The molecule has 280 valence electrons. The van der Waals surface area contributed by atoms with Gasteiger partial charge >= 0.3 is 0 Å². The van der Waals surface area contributed by atoms with Gasteiger partial charge in [-0.25, -0.2) is 15.0 Å². The molecule has 2 aliphatic rings. The lowest BCUT2D eigenvalue weighted by atomic mass is 9.62. The van der Waals surface area contributed by atoms with Gasteiger partial charge in [-0.15, -0.1) is 0 Å². The number of nitrogens with zero attached hydrogens (tertiary/aromatic N) is 3. The Morgan fingerprint density at radius 1 is 0.317 bits per heavy atom. The smallest absolute Gasteiger partial charge is 0.164 e. The van der Waals surface area contributed by atoms with Gasteiger partial charge in [0, 0.05) is 26.5 Å². The molecule has 1 unspecified atom stereocenters. The lowest BCUT2D eigenvalue weighted by Gasteiger charge is -2.43. The van der Waals surface area contributed by atoms with Crippen LogP contribution in [0.4, 0.5) is 0 Å². The second-order valence-electron chi connectivity index (χ2n) is 15.5. The number of fused-ring (bicyclic) bond motifs is 13. The van der Waals surface area contributed by atoms with Gasteiger partial charge in [0.15, 0.2) is 17.5 Å². The fourth-order valence-corrected chi connectivity index (χ4v) is 10.8. The highest BCUT2D eigenvalue weighted by Crippen LogP contribution is 2.62. The van der Waals surface area contributed by atoms with Crippen LogP contribution in [0.2, 0.25) is 0 Å². The molecule has 12 rings (SSSR count). The first-order valence-electron chi connectivity index (χ1n) is 20.4. The summed E-state index contributed by atoms with van der Waals surface area (Å²) in [6.07, 6.45) is 0. The molecule has 0 saturated heterocycles. The maximum absolute atomic E-state index is 5.30. The van der Waals surface area contributed by atoms with Crippen molar-refractivity contribution in [3.05, 3.63) is 235 Å². The second-order valence-corrected chi connectivity index (χ2v) is 16.5. The maximum atomic E-state index is 5.30. The molecule has 0 saturated carbocycles. The van der Waals surface area contributed by atoms with Crippen LogP contribution < -0.4 is 0 Å². The van der Waals surface area contributed by atoms with Gasteiger partial charge in [0.25, 0.3) is 0 Å². The zero-order valence-corrected chi connectivity index (χ0v) is 33.3. The van der Waals surface area contributed by atoms with Crippen molar-refractivity contribution in [1.82, 2.24) is 15.0 Å². The normalized spacial score (nSPS) is 14.7. The van der Waals surface area contributed by atoms with E-state index < -0.39 is 5.41 Å². The van der Waals surface area contributed by atoms with Gasteiger partial charge in [0.2, 0.25) is 0 Å². The second kappa shape index (κ2) is 13.9. The Hall–Kier alpha value is -7.40. The largest absolute Gasteiger partial charge is 0.208 e. The van der Waals surface area contributed by atoms with E-state index in [1.165, 1.54) is 70.6 Å². The quantitative estimate of drug-likeness (QED) is 0.178. The van der Waals surface area contributed by atoms with Crippen LogP contribution in [0.25, 0.3) is 78.3 Å². The van der Waals surface area contributed by atoms with E-state index in [4.69, 9.17) is 15.0 Å². The van der Waals surface area contributed by atoms with Crippen LogP contribution in [-0.4, -0.2) is 15.0 Å². The van der Waals surface area contributed by atoms with E-state index in [-0.39, 0.29) is 0 Å². The predicted octanol–water partition coefficient (Wildman–Crippen LogP) is 14.2. The molecule has 60 heavy (non-hydrogen) atoms. The Labute approximate surface area is 353 Å². The van der Waals surface area contributed by atoms with Crippen LogP contribution in [0.5, 0.6) is 0 Å². The fourth-order valence-electron chi connectivity index (χ4n) is 9.51. The third kappa shape index (κ3) is 5.35. The first-order chi connectivity index (χ1) is 29.7. The summed E-state index contributed by atoms with van der Waals surface area (Å²) in [5.41, 5.74) is 14.3. The fraction of sp³-hybridized carbons (Fsp3) is 0.0179. The molecule has 0 amide bonds. The van der Waals surface area contributed by atoms with E-state index in [0.29, 0.717) is 17.5 Å². The molecule has 2 heterocycles. The summed E-state index contributed by atoms with van der Waals surface area (Å²) in [4.78, 5) is 18.2. The zero-order chi connectivity index (χ0) is 39.6. The highest BCUT2D eigenvalue weighted by Gasteiger charge is 2.48. The Morgan fingerprint density at radius 2 is 0.817 bits per heavy atom. The maximum Gasteiger partial charge on any atom is 0.164 e. The molecule has 0 bridgehead atoms. The van der Waals surface area contributed by atoms with Gasteiger partial charge in [0.05, 0.1) is 5.41 Å². The Morgan fingerprint density at radius 3 is 1.55 bits per heavy atom. The average molecular weight is 782 g/mol. The molecule has 1 atom stereocenters. The highest BCUT2D eigenvalue weighted by atomic mass is 32.2. The lowest BCUT2D eigenvalue weighted by molar-refractivity contribution is 0.711. The van der Waals surface area contributed by atoms with Crippen molar-refractivity contribution in [2.45, 2.75) is 15.2 Å². The Bertz CT molecular complexity index is 3290. The lowest BCUT2D eigenvalue weighted by Crippen LogP contribution is -2.34. The molecular formula is C56H35N3S.